The molecule has 3 atom stereocenters. The molecule has 2 aliphatic rings. The highest BCUT2D eigenvalue weighted by Gasteiger charge is 2.49. The molecule has 0 bridgehead atoms. The molecule has 3 aromatic rings. The number of amides is 2. The number of carbonyl (C=O) groups is 2. The van der Waals surface area contributed by atoms with Crippen molar-refractivity contribution in [2.24, 2.45) is 17.8 Å². The smallest absolute Gasteiger partial charge is 0.408 e. The summed E-state index contributed by atoms with van der Waals surface area (Å²) in [4.78, 5) is 33.2. The monoisotopic (exact) mass is 530 g/mol. The summed E-state index contributed by atoms with van der Waals surface area (Å²) in [6.45, 7) is 5.29. The average Bonchev–Trinajstić information content (AvgIpc) is 3.58. The van der Waals surface area contributed by atoms with Crippen LogP contribution in [0.1, 0.15) is 44.7 Å². The Morgan fingerprint density at radius 3 is 2.18 bits per heavy atom. The molecule has 0 aromatic carbocycles. The number of anilines is 1. The van der Waals surface area contributed by atoms with Crippen molar-refractivity contribution in [3.8, 4) is 22.8 Å². The zero-order valence-electron chi connectivity index (χ0n) is 22.5. The molecule has 3 heterocycles. The predicted octanol–water partition coefficient (Wildman–Crippen LogP) is 3.80. The highest BCUT2D eigenvalue weighted by atomic mass is 16.6. The fourth-order valence-corrected chi connectivity index (χ4v) is 5.51. The van der Waals surface area contributed by atoms with Gasteiger partial charge in [-0.25, -0.2) is 4.79 Å². The molecule has 0 radical (unpaired) electrons. The summed E-state index contributed by atoms with van der Waals surface area (Å²) in [5.74, 6) is 1.09. The number of nitrogens with one attached hydrogen (secondary N) is 2. The molecule has 3 aromatic heterocycles. The molecule has 0 unspecified atom stereocenters. The normalized spacial score (nSPS) is 20.1. The van der Waals surface area contributed by atoms with Crippen LogP contribution in [0.3, 0.4) is 0 Å². The van der Waals surface area contributed by atoms with E-state index in [9.17, 15) is 14.7 Å². The second kappa shape index (κ2) is 11.1. The highest BCUT2D eigenvalue weighted by Crippen LogP contribution is 2.53. The largest absolute Gasteiger partial charge is 0.444 e. The van der Waals surface area contributed by atoms with E-state index in [2.05, 4.69) is 30.8 Å². The Balaban J connectivity index is 1.35. The first kappa shape index (κ1) is 26.7. The number of hydrogen-bond donors (Lipinski definition) is 3. The fraction of sp³-hybridized carbons (Fsp3) is 0.448. The summed E-state index contributed by atoms with van der Waals surface area (Å²) >= 11 is 0. The average molecular weight is 531 g/mol. The van der Waals surface area contributed by atoms with Gasteiger partial charge in [-0.3, -0.25) is 14.8 Å². The van der Waals surface area contributed by atoms with Crippen molar-refractivity contribution in [2.45, 2.75) is 52.1 Å². The molecule has 1 fully saturated rings. The zero-order valence-corrected chi connectivity index (χ0v) is 22.5. The van der Waals surface area contributed by atoms with Crippen molar-refractivity contribution in [1.29, 1.82) is 0 Å². The van der Waals surface area contributed by atoms with E-state index in [1.807, 2.05) is 24.3 Å². The van der Waals surface area contributed by atoms with Gasteiger partial charge in [0.25, 0.3) is 0 Å². The zero-order chi connectivity index (χ0) is 27.6. The summed E-state index contributed by atoms with van der Waals surface area (Å²) in [6.07, 6.45) is 6.35. The number of pyridine rings is 2. The van der Waals surface area contributed by atoms with E-state index in [1.165, 1.54) is 0 Å². The van der Waals surface area contributed by atoms with Gasteiger partial charge in [0, 0.05) is 12.8 Å². The molecule has 10 heteroatoms. The number of carbonyl (C=O) groups excluding carboxylic acids is 2. The number of aliphatic hydroxyl groups is 1. The third-order valence-electron chi connectivity index (χ3n) is 7.35. The summed E-state index contributed by atoms with van der Waals surface area (Å²) < 4.78 is 5.15. The Bertz CT molecular complexity index is 1340. The molecule has 204 valence electrons. The van der Waals surface area contributed by atoms with Gasteiger partial charge in [0.05, 0.1) is 23.3 Å². The molecular formula is C29H34N6O4. The van der Waals surface area contributed by atoms with Crippen LogP contribution in [-0.2, 0) is 22.4 Å². The molecule has 0 spiro atoms. The van der Waals surface area contributed by atoms with Crippen molar-refractivity contribution < 1.29 is 19.4 Å². The molecule has 2 amide bonds. The number of alkyl carbamates (subject to hydrolysis) is 1. The lowest BCUT2D eigenvalue weighted by molar-refractivity contribution is -0.115. The molecule has 3 N–H and O–H groups in total. The topological polar surface area (TPSA) is 139 Å². The predicted molar refractivity (Wildman–Crippen MR) is 146 cm³/mol. The van der Waals surface area contributed by atoms with Crippen LogP contribution in [0.5, 0.6) is 0 Å². The Morgan fingerprint density at radius 2 is 1.64 bits per heavy atom. The molecular weight excluding hydrogens is 496 g/mol. The van der Waals surface area contributed by atoms with Gasteiger partial charge < -0.3 is 20.5 Å². The number of aliphatic hydroxyl groups excluding tert-OH is 1. The molecule has 0 saturated heterocycles. The van der Waals surface area contributed by atoms with Gasteiger partial charge in [0.2, 0.25) is 5.91 Å². The number of aromatic nitrogens is 4. The van der Waals surface area contributed by atoms with Gasteiger partial charge in [-0.15, -0.1) is 10.2 Å². The first-order valence-corrected chi connectivity index (χ1v) is 13.4. The summed E-state index contributed by atoms with van der Waals surface area (Å²) in [5.41, 5.74) is 5.13. The van der Waals surface area contributed by atoms with Crippen LogP contribution in [0.2, 0.25) is 0 Å². The van der Waals surface area contributed by atoms with Crippen molar-refractivity contribution in [3.63, 3.8) is 0 Å². The van der Waals surface area contributed by atoms with Crippen LogP contribution in [0.4, 0.5) is 10.5 Å². The maximum absolute atomic E-state index is 12.3. The molecule has 5 rings (SSSR count). The standard InChI is InChI=1S/C29H34N6O4/c1-29(2,3)39-28(38)32-15-25(37)33-17-7-12-24(31-14-17)27-21-11-9-19-18(22(19)16-36)8-10-20(21)26(34-35-27)23-6-4-5-13-30-23/h4-7,12-14,18-19,22,36H,8-11,15-16H2,1-3H3,(H,32,38)(H,33,37)/t18-,19+,22+/m0/s1. The van der Waals surface area contributed by atoms with Crippen molar-refractivity contribution >= 4 is 17.7 Å². The van der Waals surface area contributed by atoms with Gasteiger partial charge in [-0.1, -0.05) is 6.07 Å². The number of nitrogens with zero attached hydrogens (tertiary/aromatic N) is 4. The summed E-state index contributed by atoms with van der Waals surface area (Å²) in [5, 5.41) is 24.2. The molecule has 1 saturated carbocycles. The summed E-state index contributed by atoms with van der Waals surface area (Å²) in [6, 6.07) is 9.36. The molecule has 39 heavy (non-hydrogen) atoms. The minimum atomic E-state index is -0.654. The SMILES string of the molecule is CC(C)(C)OC(=O)NCC(=O)Nc1ccc(-c2nnc(-c3ccccn3)c3c2CC[C@H]2[C@H](CO)[C@H]2CC3)nc1. The second-order valence-corrected chi connectivity index (χ2v) is 11.2. The first-order valence-electron chi connectivity index (χ1n) is 13.4. The van der Waals surface area contributed by atoms with Gasteiger partial charge in [0.1, 0.15) is 23.5 Å². The highest BCUT2D eigenvalue weighted by molar-refractivity contribution is 5.93. The maximum atomic E-state index is 12.3. The number of rotatable bonds is 6. The second-order valence-electron chi connectivity index (χ2n) is 11.2. The van der Waals surface area contributed by atoms with E-state index < -0.39 is 17.6 Å². The number of hydrogen-bond acceptors (Lipinski definition) is 8. The Hall–Kier alpha value is -3.92. The van der Waals surface area contributed by atoms with E-state index in [-0.39, 0.29) is 13.2 Å². The minimum absolute atomic E-state index is 0.221. The summed E-state index contributed by atoms with van der Waals surface area (Å²) in [7, 11) is 0. The lowest BCUT2D eigenvalue weighted by Gasteiger charge is -2.19. The van der Waals surface area contributed by atoms with Crippen LogP contribution in [-0.4, -0.2) is 56.0 Å². The van der Waals surface area contributed by atoms with E-state index >= 15 is 0 Å². The quantitative estimate of drug-likeness (QED) is 0.437. The Morgan fingerprint density at radius 1 is 0.974 bits per heavy atom. The van der Waals surface area contributed by atoms with E-state index in [1.54, 1.807) is 39.2 Å². The third kappa shape index (κ3) is 6.22. The van der Waals surface area contributed by atoms with E-state index in [4.69, 9.17) is 4.74 Å². The van der Waals surface area contributed by atoms with Crippen molar-refractivity contribution in [3.05, 3.63) is 53.9 Å². The van der Waals surface area contributed by atoms with Crippen LogP contribution >= 0.6 is 0 Å². The van der Waals surface area contributed by atoms with Crippen LogP contribution in [0, 0.1) is 17.8 Å². The lowest BCUT2D eigenvalue weighted by atomic mass is 9.90. The van der Waals surface area contributed by atoms with Crippen LogP contribution in [0.25, 0.3) is 22.8 Å². The Labute approximate surface area is 227 Å². The Kier molecular flexibility index (Phi) is 7.56. The maximum Gasteiger partial charge on any atom is 0.408 e. The van der Waals surface area contributed by atoms with Gasteiger partial charge >= 0.3 is 6.09 Å². The van der Waals surface area contributed by atoms with Crippen LogP contribution < -0.4 is 10.6 Å². The third-order valence-corrected chi connectivity index (χ3v) is 7.35. The van der Waals surface area contributed by atoms with Gasteiger partial charge in [-0.05, 0) is 99.6 Å². The number of fused-ring (bicyclic) bond motifs is 2. The molecule has 2 aliphatic carbocycles. The van der Waals surface area contributed by atoms with E-state index in [0.29, 0.717) is 29.1 Å². The van der Waals surface area contributed by atoms with Crippen molar-refractivity contribution in [1.82, 2.24) is 25.5 Å². The van der Waals surface area contributed by atoms with Gasteiger partial charge in [0.15, 0.2) is 0 Å². The number of ether oxygens (including phenoxy) is 1. The molecule has 10 nitrogen and oxygen atoms in total. The van der Waals surface area contributed by atoms with Crippen LogP contribution in [0.15, 0.2) is 42.7 Å². The first-order chi connectivity index (χ1) is 18.7. The van der Waals surface area contributed by atoms with E-state index in [0.717, 1.165) is 53.9 Å². The van der Waals surface area contributed by atoms with Gasteiger partial charge in [-0.2, -0.15) is 0 Å². The minimum Gasteiger partial charge on any atom is -0.444 e. The van der Waals surface area contributed by atoms with Crippen molar-refractivity contribution in [2.75, 3.05) is 18.5 Å². The fourth-order valence-electron chi connectivity index (χ4n) is 5.51. The lowest BCUT2D eigenvalue weighted by Crippen LogP contribution is -2.37. The molecule has 0 aliphatic heterocycles.